The van der Waals surface area contributed by atoms with Gasteiger partial charge >= 0.3 is 0 Å². The van der Waals surface area contributed by atoms with Crippen LogP contribution in [0.15, 0.2) is 211 Å². The lowest BCUT2D eigenvalue weighted by Crippen LogP contribution is -2.07. The molecule has 64 heavy (non-hydrogen) atoms. The lowest BCUT2D eigenvalue weighted by atomic mass is 9.95. The second kappa shape index (κ2) is 13.4. The molecular weight excluding hydrogens is 781 g/mol. The van der Waals surface area contributed by atoms with E-state index in [9.17, 15) is 0 Å². The molecular formula is C59H34N4O. The summed E-state index contributed by atoms with van der Waals surface area (Å²) in [6.45, 7) is 0. The number of furan rings is 1. The van der Waals surface area contributed by atoms with E-state index in [1.807, 2.05) is 0 Å². The van der Waals surface area contributed by atoms with Gasteiger partial charge in [0.1, 0.15) is 11.2 Å². The maximum atomic E-state index is 6.51. The number of rotatable bonds is 4. The lowest BCUT2D eigenvalue weighted by Gasteiger charge is -2.15. The fourth-order valence-corrected chi connectivity index (χ4v) is 10.3. The molecule has 296 valence electrons. The number of hydrogen-bond donors (Lipinski definition) is 0. The Balaban J connectivity index is 1.13. The molecule has 0 aliphatic carbocycles. The Morgan fingerprint density at radius 3 is 1.55 bits per heavy atom. The van der Waals surface area contributed by atoms with E-state index < -0.39 is 0 Å². The van der Waals surface area contributed by atoms with Crippen molar-refractivity contribution >= 4 is 97.6 Å². The number of aromatic nitrogens is 4. The smallest absolute Gasteiger partial charge is 0.238 e. The number of para-hydroxylation sites is 1. The van der Waals surface area contributed by atoms with E-state index in [1.165, 1.54) is 26.9 Å². The van der Waals surface area contributed by atoms with Crippen molar-refractivity contribution in [1.82, 2.24) is 19.5 Å². The minimum absolute atomic E-state index is 0.551. The van der Waals surface area contributed by atoms with Gasteiger partial charge in [-0.3, -0.25) is 4.57 Å². The van der Waals surface area contributed by atoms with Gasteiger partial charge in [-0.2, -0.15) is 9.97 Å². The fourth-order valence-electron chi connectivity index (χ4n) is 10.3. The quantitative estimate of drug-likeness (QED) is 0.166. The average molecular weight is 815 g/mol. The van der Waals surface area contributed by atoms with Crippen LogP contribution in [0.1, 0.15) is 0 Å². The predicted octanol–water partition coefficient (Wildman–Crippen LogP) is 15.6. The molecule has 5 nitrogen and oxygen atoms in total. The van der Waals surface area contributed by atoms with Gasteiger partial charge in [0, 0.05) is 43.6 Å². The zero-order chi connectivity index (χ0) is 41.9. The molecule has 0 fully saturated rings. The Morgan fingerprint density at radius 1 is 0.312 bits per heavy atom. The summed E-state index contributed by atoms with van der Waals surface area (Å²) in [4.78, 5) is 16.3. The Morgan fingerprint density at radius 2 is 0.844 bits per heavy atom. The fraction of sp³-hybridized carbons (Fsp3) is 0. The summed E-state index contributed by atoms with van der Waals surface area (Å²) in [5.41, 5.74) is 7.80. The molecule has 14 rings (SSSR count). The summed E-state index contributed by atoms with van der Waals surface area (Å²) < 4.78 is 8.83. The second-order valence-electron chi connectivity index (χ2n) is 16.7. The zero-order valence-corrected chi connectivity index (χ0v) is 34.3. The normalized spacial score (nSPS) is 12.1. The van der Waals surface area contributed by atoms with Crippen molar-refractivity contribution in [1.29, 1.82) is 0 Å². The summed E-state index contributed by atoms with van der Waals surface area (Å²) in [7, 11) is 0. The van der Waals surface area contributed by atoms with Crippen molar-refractivity contribution < 1.29 is 4.42 Å². The van der Waals surface area contributed by atoms with Gasteiger partial charge in [0.25, 0.3) is 0 Å². The molecule has 0 atom stereocenters. The van der Waals surface area contributed by atoms with Crippen molar-refractivity contribution in [2.75, 3.05) is 0 Å². The molecule has 0 saturated heterocycles. The van der Waals surface area contributed by atoms with Crippen LogP contribution in [0.3, 0.4) is 0 Å². The number of benzene rings is 11. The topological polar surface area (TPSA) is 56.7 Å². The van der Waals surface area contributed by atoms with E-state index in [-0.39, 0.29) is 0 Å². The first-order chi connectivity index (χ1) is 31.7. The zero-order valence-electron chi connectivity index (χ0n) is 34.3. The van der Waals surface area contributed by atoms with Gasteiger partial charge in [-0.05, 0) is 84.4 Å². The van der Waals surface area contributed by atoms with Gasteiger partial charge in [0.15, 0.2) is 11.6 Å². The molecule has 0 amide bonds. The average Bonchev–Trinajstić information content (AvgIpc) is 3.93. The first-order valence-corrected chi connectivity index (χ1v) is 21.7. The molecule has 3 aromatic heterocycles. The molecule has 0 radical (unpaired) electrons. The van der Waals surface area contributed by atoms with Crippen LogP contribution in [0.2, 0.25) is 0 Å². The SMILES string of the molecule is c1ccc2cc(-c3nc(-c4ccc5ccccc5c4)nc(-n4c5c(-c6ccc7oc8ccc9ccccc9c8c7c6)cccc5c5c6ccccc6c6ccccc6c54)n3)ccc2c1. The van der Waals surface area contributed by atoms with Crippen LogP contribution in [0.25, 0.3) is 137 Å². The highest BCUT2D eigenvalue weighted by Gasteiger charge is 2.25. The van der Waals surface area contributed by atoms with Crippen LogP contribution in [-0.4, -0.2) is 19.5 Å². The minimum atomic E-state index is 0.551. The van der Waals surface area contributed by atoms with Gasteiger partial charge in [-0.15, -0.1) is 0 Å². The molecule has 14 aromatic rings. The minimum Gasteiger partial charge on any atom is -0.456 e. The van der Waals surface area contributed by atoms with Gasteiger partial charge in [0.2, 0.25) is 5.95 Å². The maximum absolute atomic E-state index is 6.51. The lowest BCUT2D eigenvalue weighted by molar-refractivity contribution is 0.669. The van der Waals surface area contributed by atoms with Crippen LogP contribution in [-0.2, 0) is 0 Å². The first kappa shape index (κ1) is 35.0. The van der Waals surface area contributed by atoms with Crippen molar-refractivity contribution in [3.63, 3.8) is 0 Å². The molecule has 11 aromatic carbocycles. The van der Waals surface area contributed by atoms with E-state index in [4.69, 9.17) is 19.4 Å². The second-order valence-corrected chi connectivity index (χ2v) is 16.7. The largest absolute Gasteiger partial charge is 0.456 e. The molecule has 0 unspecified atom stereocenters. The number of hydrogen-bond acceptors (Lipinski definition) is 4. The van der Waals surface area contributed by atoms with Crippen LogP contribution in [0.4, 0.5) is 0 Å². The highest BCUT2D eigenvalue weighted by atomic mass is 16.3. The van der Waals surface area contributed by atoms with E-state index >= 15 is 0 Å². The molecule has 0 spiro atoms. The monoisotopic (exact) mass is 814 g/mol. The molecule has 0 N–H and O–H groups in total. The third-order valence-electron chi connectivity index (χ3n) is 13.2. The van der Waals surface area contributed by atoms with Crippen LogP contribution in [0.5, 0.6) is 0 Å². The van der Waals surface area contributed by atoms with Crippen molar-refractivity contribution in [3.05, 3.63) is 206 Å². The summed E-state index contributed by atoms with van der Waals surface area (Å²) >= 11 is 0. The van der Waals surface area contributed by atoms with E-state index in [0.717, 1.165) is 92.9 Å². The highest BCUT2D eigenvalue weighted by molar-refractivity contribution is 6.33. The van der Waals surface area contributed by atoms with Gasteiger partial charge in [0.05, 0.1) is 11.0 Å². The number of nitrogens with zero attached hydrogens (tertiary/aromatic N) is 4. The standard InChI is InChI=1S/C59H34N4O/c1-3-15-38-32-41(26-24-35(38)12-1)57-60-58(42-27-25-36-13-2-4-16-39(36)33-42)62-59(61-57)63-55-44(40-29-30-51-50(34-40)53-43-17-6-5-14-37(43)28-31-52(53)64-51)22-11-23-49(55)54-47-20-9-7-18-45(47)46-19-8-10-21-48(46)56(54)63/h1-34H. The molecule has 0 saturated carbocycles. The first-order valence-electron chi connectivity index (χ1n) is 21.7. The van der Waals surface area contributed by atoms with Gasteiger partial charge < -0.3 is 4.42 Å². The van der Waals surface area contributed by atoms with Gasteiger partial charge in [-0.1, -0.05) is 176 Å². The Kier molecular flexibility index (Phi) is 7.33. The van der Waals surface area contributed by atoms with Crippen LogP contribution in [0, 0.1) is 0 Å². The maximum Gasteiger partial charge on any atom is 0.238 e. The molecule has 5 heteroatoms. The van der Waals surface area contributed by atoms with Crippen molar-refractivity contribution in [2.24, 2.45) is 0 Å². The Hall–Kier alpha value is -8.67. The number of fused-ring (bicyclic) bond motifs is 15. The molecule has 3 heterocycles. The third-order valence-corrected chi connectivity index (χ3v) is 13.2. The Labute approximate surface area is 366 Å². The van der Waals surface area contributed by atoms with Gasteiger partial charge in [-0.25, -0.2) is 4.98 Å². The van der Waals surface area contributed by atoms with E-state index in [2.05, 4.69) is 211 Å². The summed E-state index contributed by atoms with van der Waals surface area (Å²) in [5, 5.41) is 16.1. The van der Waals surface area contributed by atoms with Crippen molar-refractivity contribution in [3.8, 4) is 39.9 Å². The predicted molar refractivity (Wildman–Crippen MR) is 265 cm³/mol. The van der Waals surface area contributed by atoms with E-state index in [0.29, 0.717) is 17.6 Å². The third kappa shape index (κ3) is 5.15. The summed E-state index contributed by atoms with van der Waals surface area (Å²) in [5.74, 6) is 1.76. The molecule has 0 aliphatic heterocycles. The summed E-state index contributed by atoms with van der Waals surface area (Å²) in [6, 6.07) is 73.4. The van der Waals surface area contributed by atoms with Crippen LogP contribution < -0.4 is 0 Å². The van der Waals surface area contributed by atoms with Crippen molar-refractivity contribution in [2.45, 2.75) is 0 Å². The summed E-state index contributed by atoms with van der Waals surface area (Å²) in [6.07, 6.45) is 0. The Bertz CT molecular complexity index is 4180. The molecule has 0 bridgehead atoms. The van der Waals surface area contributed by atoms with E-state index in [1.54, 1.807) is 0 Å². The highest BCUT2D eigenvalue weighted by Crippen LogP contribution is 2.46. The van der Waals surface area contributed by atoms with Crippen LogP contribution >= 0.6 is 0 Å². The molecule has 0 aliphatic rings.